The number of hydrogen-bond acceptors (Lipinski definition) is 4. The highest BCUT2D eigenvalue weighted by Gasteiger charge is 2.10. The Kier molecular flexibility index (Phi) is 4.71. The number of aromatic amines is 1. The topological polar surface area (TPSA) is 101 Å². The summed E-state index contributed by atoms with van der Waals surface area (Å²) in [6.45, 7) is 0. The van der Waals surface area contributed by atoms with E-state index in [4.69, 9.17) is 5.73 Å². The van der Waals surface area contributed by atoms with Crippen LogP contribution in [0.4, 0.5) is 9.52 Å². The second kappa shape index (κ2) is 7.10. The van der Waals surface area contributed by atoms with E-state index in [-0.39, 0.29) is 17.4 Å². The maximum absolute atomic E-state index is 12.8. The number of amides is 2. The summed E-state index contributed by atoms with van der Waals surface area (Å²) in [6, 6.07) is 7.38. The van der Waals surface area contributed by atoms with Gasteiger partial charge in [0.05, 0.1) is 5.69 Å². The normalized spacial score (nSPS) is 10.9. The Morgan fingerprint density at radius 2 is 2.04 bits per heavy atom. The lowest BCUT2D eigenvalue weighted by atomic mass is 10.2. The maximum Gasteiger partial charge on any atom is 0.265 e. The Balaban J connectivity index is 1.65. The first-order chi connectivity index (χ1) is 12.0. The van der Waals surface area contributed by atoms with Gasteiger partial charge in [-0.2, -0.15) is 0 Å². The zero-order valence-corrected chi connectivity index (χ0v) is 13.6. The third kappa shape index (κ3) is 4.18. The summed E-state index contributed by atoms with van der Waals surface area (Å²) < 4.78 is 12.8. The van der Waals surface area contributed by atoms with Crippen LogP contribution in [0.2, 0.25) is 0 Å². The van der Waals surface area contributed by atoms with Gasteiger partial charge in [0.1, 0.15) is 11.5 Å². The van der Waals surface area contributed by atoms with Gasteiger partial charge < -0.3 is 10.7 Å². The molecule has 0 spiro atoms. The molecule has 0 atom stereocenters. The van der Waals surface area contributed by atoms with Crippen molar-refractivity contribution in [3.05, 3.63) is 65.1 Å². The third-order valence-corrected chi connectivity index (χ3v) is 4.03. The summed E-state index contributed by atoms with van der Waals surface area (Å²) in [5.74, 6) is -1.24. The van der Waals surface area contributed by atoms with Crippen LogP contribution in [0.1, 0.15) is 16.1 Å². The smallest absolute Gasteiger partial charge is 0.265 e. The van der Waals surface area contributed by atoms with Gasteiger partial charge in [0.2, 0.25) is 5.91 Å². The zero-order chi connectivity index (χ0) is 17.8. The van der Waals surface area contributed by atoms with Crippen LogP contribution in [0.3, 0.4) is 0 Å². The van der Waals surface area contributed by atoms with Crippen molar-refractivity contribution in [3.8, 4) is 11.3 Å². The Bertz CT molecular complexity index is 944. The molecule has 2 amide bonds. The molecule has 0 saturated heterocycles. The Labute approximate surface area is 146 Å². The average Bonchev–Trinajstić information content (AvgIpc) is 3.23. The first-order valence-electron chi connectivity index (χ1n) is 7.20. The summed E-state index contributed by atoms with van der Waals surface area (Å²) in [6.07, 6.45) is 4.54. The SMILES string of the molecule is NC(=O)c1cc(-c2csc(NC(=O)/C=C/c3ccc(F)cc3)n2)c[nH]1. The minimum atomic E-state index is -0.555. The molecular weight excluding hydrogens is 343 g/mol. The van der Waals surface area contributed by atoms with Crippen LogP contribution in [0.5, 0.6) is 0 Å². The summed E-state index contributed by atoms with van der Waals surface area (Å²) in [5, 5.41) is 4.83. The van der Waals surface area contributed by atoms with Crippen LogP contribution in [-0.4, -0.2) is 21.8 Å². The molecule has 0 aliphatic rings. The van der Waals surface area contributed by atoms with E-state index in [1.165, 1.54) is 29.5 Å². The minimum absolute atomic E-state index is 0.288. The molecule has 2 aromatic heterocycles. The number of nitrogens with zero attached hydrogens (tertiary/aromatic N) is 1. The molecule has 1 aromatic carbocycles. The summed E-state index contributed by atoms with van der Waals surface area (Å²) in [7, 11) is 0. The molecule has 0 bridgehead atoms. The van der Waals surface area contributed by atoms with E-state index in [0.29, 0.717) is 22.0 Å². The van der Waals surface area contributed by atoms with Crippen molar-refractivity contribution in [2.24, 2.45) is 5.73 Å². The Hall–Kier alpha value is -3.26. The molecule has 0 fully saturated rings. The minimum Gasteiger partial charge on any atom is -0.364 e. The number of carbonyl (C=O) groups is 2. The number of aromatic nitrogens is 2. The number of carbonyl (C=O) groups excluding carboxylic acids is 2. The first-order valence-corrected chi connectivity index (χ1v) is 8.08. The van der Waals surface area contributed by atoms with Crippen molar-refractivity contribution >= 4 is 34.4 Å². The first kappa shape index (κ1) is 16.6. The number of benzene rings is 1. The lowest BCUT2D eigenvalue weighted by Crippen LogP contribution is -2.10. The number of nitrogens with one attached hydrogen (secondary N) is 2. The van der Waals surface area contributed by atoms with Gasteiger partial charge >= 0.3 is 0 Å². The number of hydrogen-bond donors (Lipinski definition) is 3. The summed E-state index contributed by atoms with van der Waals surface area (Å²) in [4.78, 5) is 30.1. The predicted octanol–water partition coefficient (Wildman–Crippen LogP) is 3.03. The highest BCUT2D eigenvalue weighted by atomic mass is 32.1. The van der Waals surface area contributed by atoms with Crippen molar-refractivity contribution in [2.45, 2.75) is 0 Å². The van der Waals surface area contributed by atoms with Gasteiger partial charge in [-0.15, -0.1) is 11.3 Å². The Morgan fingerprint density at radius 1 is 1.28 bits per heavy atom. The van der Waals surface area contributed by atoms with Gasteiger partial charge in [-0.25, -0.2) is 9.37 Å². The molecule has 25 heavy (non-hydrogen) atoms. The maximum atomic E-state index is 12.8. The third-order valence-electron chi connectivity index (χ3n) is 3.28. The number of anilines is 1. The lowest BCUT2D eigenvalue weighted by molar-refractivity contribution is -0.111. The molecule has 4 N–H and O–H groups in total. The molecule has 126 valence electrons. The van der Waals surface area contributed by atoms with Gasteiger partial charge in [0.25, 0.3) is 5.91 Å². The fourth-order valence-electron chi connectivity index (χ4n) is 2.04. The molecule has 6 nitrogen and oxygen atoms in total. The van der Waals surface area contributed by atoms with Crippen LogP contribution < -0.4 is 11.1 Å². The zero-order valence-electron chi connectivity index (χ0n) is 12.8. The highest BCUT2D eigenvalue weighted by molar-refractivity contribution is 7.14. The summed E-state index contributed by atoms with van der Waals surface area (Å²) in [5.41, 5.74) is 7.51. The van der Waals surface area contributed by atoms with Crippen molar-refractivity contribution in [3.63, 3.8) is 0 Å². The average molecular weight is 356 g/mol. The standard InChI is InChI=1S/C17H13FN4O2S/c18-12-4-1-10(2-5-12)3-6-15(23)22-17-21-14(9-25-17)11-7-13(16(19)24)20-8-11/h1-9,20H,(H2,19,24)(H,21,22,23)/b6-3+. The van der Waals surface area contributed by atoms with E-state index in [1.807, 2.05) is 0 Å². The van der Waals surface area contributed by atoms with E-state index in [9.17, 15) is 14.0 Å². The highest BCUT2D eigenvalue weighted by Crippen LogP contribution is 2.25. The summed E-state index contributed by atoms with van der Waals surface area (Å²) >= 11 is 1.26. The van der Waals surface area contributed by atoms with Crippen LogP contribution >= 0.6 is 11.3 Å². The van der Waals surface area contributed by atoms with Crippen molar-refractivity contribution in [2.75, 3.05) is 5.32 Å². The quantitative estimate of drug-likeness (QED) is 0.613. The Morgan fingerprint density at radius 3 is 2.72 bits per heavy atom. The van der Waals surface area contributed by atoms with Gasteiger partial charge in [-0.1, -0.05) is 12.1 Å². The van der Waals surface area contributed by atoms with Crippen LogP contribution in [-0.2, 0) is 4.79 Å². The molecule has 0 unspecified atom stereocenters. The van der Waals surface area contributed by atoms with Crippen LogP contribution in [0, 0.1) is 5.82 Å². The monoisotopic (exact) mass is 356 g/mol. The fourth-order valence-corrected chi connectivity index (χ4v) is 2.76. The molecule has 8 heteroatoms. The number of rotatable bonds is 5. The van der Waals surface area contributed by atoms with E-state index in [2.05, 4.69) is 15.3 Å². The molecule has 3 aromatic rings. The molecule has 0 saturated carbocycles. The predicted molar refractivity (Wildman–Crippen MR) is 94.5 cm³/mol. The lowest BCUT2D eigenvalue weighted by Gasteiger charge is -1.96. The van der Waals surface area contributed by atoms with Crippen molar-refractivity contribution in [1.29, 1.82) is 0 Å². The molecule has 3 rings (SSSR count). The van der Waals surface area contributed by atoms with Gasteiger partial charge in [-0.05, 0) is 29.8 Å². The number of primary amides is 1. The van der Waals surface area contributed by atoms with Gasteiger partial charge in [0.15, 0.2) is 5.13 Å². The van der Waals surface area contributed by atoms with E-state index in [1.54, 1.807) is 35.9 Å². The molecule has 2 heterocycles. The second-order valence-electron chi connectivity index (χ2n) is 5.08. The number of H-pyrrole nitrogens is 1. The number of thiazole rings is 1. The van der Waals surface area contributed by atoms with Crippen molar-refractivity contribution < 1.29 is 14.0 Å². The van der Waals surface area contributed by atoms with E-state index >= 15 is 0 Å². The van der Waals surface area contributed by atoms with Gasteiger partial charge in [0, 0.05) is 23.2 Å². The van der Waals surface area contributed by atoms with E-state index < -0.39 is 5.91 Å². The molecule has 0 radical (unpaired) electrons. The van der Waals surface area contributed by atoms with Gasteiger partial charge in [-0.3, -0.25) is 14.9 Å². The molecular formula is C17H13FN4O2S. The van der Waals surface area contributed by atoms with E-state index in [0.717, 1.165) is 0 Å². The van der Waals surface area contributed by atoms with Crippen LogP contribution in [0.15, 0.2) is 48.0 Å². The number of nitrogens with two attached hydrogens (primary N) is 1. The van der Waals surface area contributed by atoms with Crippen LogP contribution in [0.25, 0.3) is 17.3 Å². The molecule has 0 aliphatic heterocycles. The molecule has 0 aliphatic carbocycles. The fraction of sp³-hybridized carbons (Fsp3) is 0. The van der Waals surface area contributed by atoms with Crippen molar-refractivity contribution in [1.82, 2.24) is 9.97 Å². The largest absolute Gasteiger partial charge is 0.364 e. The number of halogens is 1. The second-order valence-corrected chi connectivity index (χ2v) is 5.94.